The number of amides is 1. The van der Waals surface area contributed by atoms with Gasteiger partial charge in [0.25, 0.3) is 5.91 Å². The molecular weight excluding hydrogens is 174 g/mol. The third-order valence-corrected chi connectivity index (χ3v) is 1.17. The summed E-state index contributed by atoms with van der Waals surface area (Å²) >= 11 is 0. The van der Waals surface area contributed by atoms with Gasteiger partial charge in [0.2, 0.25) is 0 Å². The van der Waals surface area contributed by atoms with Gasteiger partial charge in [0.05, 0.1) is 11.8 Å². The van der Waals surface area contributed by atoms with Crippen LogP contribution >= 0.6 is 0 Å². The summed E-state index contributed by atoms with van der Waals surface area (Å²) in [5.41, 5.74) is 4.72. The highest BCUT2D eigenvalue weighted by Gasteiger charge is 2.09. The number of carbonyl (C=O) groups is 2. The van der Waals surface area contributed by atoms with Crippen LogP contribution in [-0.2, 0) is 4.79 Å². The number of H-pyrrole nitrogens is 1. The van der Waals surface area contributed by atoms with Gasteiger partial charge in [0.15, 0.2) is 5.69 Å². The zero-order valence-electron chi connectivity index (χ0n) is 6.37. The maximum Gasteiger partial charge on any atom is 0.355 e. The summed E-state index contributed by atoms with van der Waals surface area (Å²) in [6.07, 6.45) is 1.21. The first-order valence-corrected chi connectivity index (χ1v) is 3.19. The van der Waals surface area contributed by atoms with Gasteiger partial charge in [-0.2, -0.15) is 5.10 Å². The van der Waals surface area contributed by atoms with Gasteiger partial charge in [-0.25, -0.2) is 4.79 Å². The topological polar surface area (TPSA) is 109 Å². The van der Waals surface area contributed by atoms with E-state index in [1.54, 1.807) is 0 Å². The number of nitrogens with two attached hydrogens (primary N) is 1. The number of primary amides is 1. The highest BCUT2D eigenvalue weighted by atomic mass is 16.4. The van der Waals surface area contributed by atoms with Crippen molar-refractivity contribution < 1.29 is 14.7 Å². The molecule has 1 rings (SSSR count). The second kappa shape index (κ2) is 3.40. The summed E-state index contributed by atoms with van der Waals surface area (Å²) in [4.78, 5) is 20.7. The molecule has 0 atom stereocenters. The SMILES string of the molecule is NC(=O)C#Cc1cn[nH]c1C(=O)O. The number of rotatable bonds is 1. The Morgan fingerprint density at radius 2 is 2.31 bits per heavy atom. The van der Waals surface area contributed by atoms with Crippen LogP contribution in [0.5, 0.6) is 0 Å². The largest absolute Gasteiger partial charge is 0.476 e. The second-order valence-electron chi connectivity index (χ2n) is 2.08. The molecule has 0 aliphatic rings. The average Bonchev–Trinajstić information content (AvgIpc) is 2.47. The van der Waals surface area contributed by atoms with E-state index in [0.717, 1.165) is 0 Å². The predicted molar refractivity (Wildman–Crippen MR) is 41.6 cm³/mol. The number of carboxylic acid groups (broad SMARTS) is 1. The van der Waals surface area contributed by atoms with Crippen LogP contribution in [-0.4, -0.2) is 27.2 Å². The van der Waals surface area contributed by atoms with Gasteiger partial charge in [0.1, 0.15) is 0 Å². The van der Waals surface area contributed by atoms with Crippen LogP contribution in [0.2, 0.25) is 0 Å². The Morgan fingerprint density at radius 3 is 2.85 bits per heavy atom. The molecular formula is C7H5N3O3. The molecule has 0 saturated carbocycles. The maximum absolute atomic E-state index is 10.5. The van der Waals surface area contributed by atoms with E-state index < -0.39 is 11.9 Å². The summed E-state index contributed by atoms with van der Waals surface area (Å²) in [6, 6.07) is 0. The Balaban J connectivity index is 3.04. The van der Waals surface area contributed by atoms with E-state index in [-0.39, 0.29) is 11.3 Å². The molecule has 66 valence electrons. The monoisotopic (exact) mass is 179 g/mol. The first-order chi connectivity index (χ1) is 6.11. The van der Waals surface area contributed by atoms with Gasteiger partial charge < -0.3 is 10.8 Å². The van der Waals surface area contributed by atoms with Crippen molar-refractivity contribution in [1.29, 1.82) is 0 Å². The van der Waals surface area contributed by atoms with Crippen LogP contribution < -0.4 is 5.73 Å². The molecule has 0 aromatic carbocycles. The molecule has 1 aromatic rings. The molecule has 1 heterocycles. The van der Waals surface area contributed by atoms with E-state index in [1.807, 2.05) is 5.92 Å². The van der Waals surface area contributed by atoms with E-state index in [2.05, 4.69) is 16.1 Å². The van der Waals surface area contributed by atoms with Crippen LogP contribution in [0.1, 0.15) is 16.1 Å². The van der Waals surface area contributed by atoms with Gasteiger partial charge in [0, 0.05) is 5.92 Å². The Hall–Kier alpha value is -2.29. The standard InChI is InChI=1S/C7H5N3O3/c8-5(11)2-1-4-3-9-10-6(4)7(12)13/h3H,(H2,8,11)(H,9,10)(H,12,13). The van der Waals surface area contributed by atoms with E-state index in [1.165, 1.54) is 6.20 Å². The second-order valence-corrected chi connectivity index (χ2v) is 2.08. The first-order valence-electron chi connectivity index (χ1n) is 3.19. The van der Waals surface area contributed by atoms with Crippen molar-refractivity contribution in [2.45, 2.75) is 0 Å². The van der Waals surface area contributed by atoms with Gasteiger partial charge in [-0.05, 0) is 0 Å². The van der Waals surface area contributed by atoms with Crippen molar-refractivity contribution >= 4 is 11.9 Å². The fourth-order valence-corrected chi connectivity index (χ4v) is 0.673. The molecule has 0 aliphatic carbocycles. The van der Waals surface area contributed by atoms with Gasteiger partial charge in [-0.1, -0.05) is 5.92 Å². The molecule has 0 aliphatic heterocycles. The normalized spacial score (nSPS) is 8.62. The maximum atomic E-state index is 10.5. The Kier molecular flexibility index (Phi) is 2.31. The number of aromatic amines is 1. The molecule has 0 bridgehead atoms. The number of hydrogen-bond acceptors (Lipinski definition) is 3. The van der Waals surface area contributed by atoms with Crippen LogP contribution in [0.15, 0.2) is 6.20 Å². The van der Waals surface area contributed by atoms with Gasteiger partial charge >= 0.3 is 5.97 Å². The van der Waals surface area contributed by atoms with E-state index in [4.69, 9.17) is 10.8 Å². The minimum absolute atomic E-state index is 0.131. The van der Waals surface area contributed by atoms with Crippen molar-refractivity contribution in [3.05, 3.63) is 17.5 Å². The molecule has 0 radical (unpaired) electrons. The number of aromatic nitrogens is 2. The van der Waals surface area contributed by atoms with Crippen LogP contribution in [0.4, 0.5) is 0 Å². The minimum Gasteiger partial charge on any atom is -0.476 e. The number of hydrogen-bond donors (Lipinski definition) is 3. The predicted octanol–water partition coefficient (Wildman–Crippen LogP) is -1.06. The molecule has 0 saturated heterocycles. The number of nitrogens with zero attached hydrogens (tertiary/aromatic N) is 1. The lowest BCUT2D eigenvalue weighted by Crippen LogP contribution is -2.06. The lowest BCUT2D eigenvalue weighted by Gasteiger charge is -1.86. The molecule has 0 unspecified atom stereocenters. The Morgan fingerprint density at radius 1 is 1.62 bits per heavy atom. The molecule has 1 amide bonds. The first kappa shape index (κ1) is 8.80. The zero-order chi connectivity index (χ0) is 9.84. The van der Waals surface area contributed by atoms with Crippen molar-refractivity contribution in [1.82, 2.24) is 10.2 Å². The summed E-state index contributed by atoms with van der Waals surface area (Å²) in [5.74, 6) is 2.27. The van der Waals surface area contributed by atoms with Crippen molar-refractivity contribution in [2.75, 3.05) is 0 Å². The Labute approximate surface area is 72.7 Å². The van der Waals surface area contributed by atoms with E-state index >= 15 is 0 Å². The van der Waals surface area contributed by atoms with Gasteiger partial charge in [-0.3, -0.25) is 9.89 Å². The fourth-order valence-electron chi connectivity index (χ4n) is 0.673. The molecule has 13 heavy (non-hydrogen) atoms. The lowest BCUT2D eigenvalue weighted by atomic mass is 10.2. The quantitative estimate of drug-likeness (QED) is 0.477. The lowest BCUT2D eigenvalue weighted by molar-refractivity contribution is -0.112. The van der Waals surface area contributed by atoms with Crippen LogP contribution in [0.3, 0.4) is 0 Å². The molecule has 6 heteroatoms. The zero-order valence-corrected chi connectivity index (χ0v) is 6.37. The van der Waals surface area contributed by atoms with Crippen LogP contribution in [0, 0.1) is 11.8 Å². The fraction of sp³-hybridized carbons (Fsp3) is 0. The van der Waals surface area contributed by atoms with Crippen molar-refractivity contribution in [3.8, 4) is 11.8 Å². The van der Waals surface area contributed by atoms with Crippen molar-refractivity contribution in [2.24, 2.45) is 5.73 Å². The molecule has 0 spiro atoms. The molecule has 6 nitrogen and oxygen atoms in total. The third-order valence-electron chi connectivity index (χ3n) is 1.17. The average molecular weight is 179 g/mol. The highest BCUT2D eigenvalue weighted by Crippen LogP contribution is 2.01. The molecule has 1 aromatic heterocycles. The number of nitrogens with one attached hydrogen (secondary N) is 1. The highest BCUT2D eigenvalue weighted by molar-refractivity contribution is 5.94. The number of aromatic carboxylic acids is 1. The summed E-state index contributed by atoms with van der Waals surface area (Å²) < 4.78 is 0. The van der Waals surface area contributed by atoms with Gasteiger partial charge in [-0.15, -0.1) is 0 Å². The van der Waals surface area contributed by atoms with E-state index in [0.29, 0.717) is 0 Å². The summed E-state index contributed by atoms with van der Waals surface area (Å²) in [5, 5.41) is 14.3. The summed E-state index contributed by atoms with van der Waals surface area (Å²) in [7, 11) is 0. The smallest absolute Gasteiger partial charge is 0.355 e. The Bertz CT molecular complexity index is 410. The van der Waals surface area contributed by atoms with E-state index in [9.17, 15) is 9.59 Å². The minimum atomic E-state index is -1.19. The summed E-state index contributed by atoms with van der Waals surface area (Å²) in [6.45, 7) is 0. The number of carbonyl (C=O) groups excluding carboxylic acids is 1. The van der Waals surface area contributed by atoms with Crippen LogP contribution in [0.25, 0.3) is 0 Å². The third kappa shape index (κ3) is 2.07. The number of carboxylic acids is 1. The molecule has 0 fully saturated rings. The molecule has 4 N–H and O–H groups in total. The van der Waals surface area contributed by atoms with Crippen molar-refractivity contribution in [3.63, 3.8) is 0 Å².